The lowest BCUT2D eigenvalue weighted by atomic mass is 9.96. The number of hydrogen-bond donors (Lipinski definition) is 3. The molecule has 7 heteroatoms. The molecule has 3 rings (SSSR count). The molecule has 1 aromatic carbocycles. The van der Waals surface area contributed by atoms with Crippen LogP contribution >= 0.6 is 23.6 Å². The van der Waals surface area contributed by atoms with Gasteiger partial charge in [0.15, 0.2) is 5.11 Å². The molecular weight excluding hydrogens is 290 g/mol. The Hall–Kier alpha value is -1.99. The third kappa shape index (κ3) is 2.37. The Labute approximate surface area is 125 Å². The summed E-state index contributed by atoms with van der Waals surface area (Å²) in [4.78, 5) is 0. The van der Waals surface area contributed by atoms with Gasteiger partial charge in [0.2, 0.25) is 5.13 Å². The SMILES string of the molecule is CC1=C(c2nnc(N)s2)C(c2ccccc2)NC(=S)N1. The van der Waals surface area contributed by atoms with Crippen LogP contribution in [0.3, 0.4) is 0 Å². The van der Waals surface area contributed by atoms with Gasteiger partial charge in [0.1, 0.15) is 5.01 Å². The molecular formula is C13H13N5S2. The molecule has 0 aliphatic carbocycles. The highest BCUT2D eigenvalue weighted by Crippen LogP contribution is 2.35. The molecule has 0 radical (unpaired) electrons. The number of benzene rings is 1. The molecule has 0 saturated heterocycles. The van der Waals surface area contributed by atoms with Crippen molar-refractivity contribution in [1.82, 2.24) is 20.8 Å². The van der Waals surface area contributed by atoms with Crippen LogP contribution in [-0.4, -0.2) is 15.3 Å². The summed E-state index contributed by atoms with van der Waals surface area (Å²) < 4.78 is 0. The minimum absolute atomic E-state index is 0.0442. The molecule has 1 aliphatic heterocycles. The number of allylic oxidation sites excluding steroid dienone is 1. The standard InChI is InChI=1S/C13H13N5S2/c1-7-9(11-17-18-12(14)20-11)10(16-13(19)15-7)8-5-3-2-4-6-8/h2-6,10H,1H3,(H2,14,18)(H2,15,16,19). The Bertz CT molecular complexity index is 677. The van der Waals surface area contributed by atoms with Gasteiger partial charge < -0.3 is 16.4 Å². The topological polar surface area (TPSA) is 75.9 Å². The largest absolute Gasteiger partial charge is 0.374 e. The van der Waals surface area contributed by atoms with E-state index in [0.717, 1.165) is 21.8 Å². The Morgan fingerprint density at radius 1 is 1.25 bits per heavy atom. The third-order valence-electron chi connectivity index (χ3n) is 3.07. The van der Waals surface area contributed by atoms with Crippen LogP contribution in [0.1, 0.15) is 23.5 Å². The van der Waals surface area contributed by atoms with Crippen molar-refractivity contribution in [2.75, 3.05) is 5.73 Å². The van der Waals surface area contributed by atoms with Crippen molar-refractivity contribution in [2.24, 2.45) is 0 Å². The van der Waals surface area contributed by atoms with E-state index in [9.17, 15) is 0 Å². The first-order valence-corrected chi connectivity index (χ1v) is 7.30. The van der Waals surface area contributed by atoms with E-state index in [2.05, 4.69) is 33.0 Å². The van der Waals surface area contributed by atoms with Gasteiger partial charge in [-0.25, -0.2) is 0 Å². The van der Waals surface area contributed by atoms with Gasteiger partial charge in [-0.3, -0.25) is 0 Å². The summed E-state index contributed by atoms with van der Waals surface area (Å²) in [5.41, 5.74) is 8.82. The Balaban J connectivity index is 2.11. The second-order valence-corrected chi connectivity index (χ2v) is 5.84. The molecule has 0 amide bonds. The second-order valence-electron chi connectivity index (χ2n) is 4.43. The molecule has 2 heterocycles. The number of nitrogens with one attached hydrogen (secondary N) is 2. The third-order valence-corrected chi connectivity index (χ3v) is 4.08. The summed E-state index contributed by atoms with van der Waals surface area (Å²) in [6.07, 6.45) is 0. The maximum Gasteiger partial charge on any atom is 0.203 e. The number of rotatable bonds is 2. The quantitative estimate of drug-likeness (QED) is 0.737. The average Bonchev–Trinajstić information content (AvgIpc) is 2.85. The molecule has 5 nitrogen and oxygen atoms in total. The van der Waals surface area contributed by atoms with Crippen molar-refractivity contribution < 1.29 is 0 Å². The van der Waals surface area contributed by atoms with E-state index in [1.165, 1.54) is 11.3 Å². The highest BCUT2D eigenvalue weighted by molar-refractivity contribution is 7.80. The molecule has 1 aliphatic rings. The van der Waals surface area contributed by atoms with Gasteiger partial charge in [-0.15, -0.1) is 10.2 Å². The Kier molecular flexibility index (Phi) is 3.37. The van der Waals surface area contributed by atoms with Gasteiger partial charge >= 0.3 is 0 Å². The Morgan fingerprint density at radius 3 is 2.65 bits per heavy atom. The van der Waals surface area contributed by atoms with Crippen LogP contribution in [-0.2, 0) is 0 Å². The van der Waals surface area contributed by atoms with E-state index in [-0.39, 0.29) is 6.04 Å². The first-order valence-electron chi connectivity index (χ1n) is 6.07. The molecule has 1 unspecified atom stereocenters. The van der Waals surface area contributed by atoms with Crippen LogP contribution in [0.4, 0.5) is 5.13 Å². The fourth-order valence-corrected chi connectivity index (χ4v) is 3.23. The highest BCUT2D eigenvalue weighted by atomic mass is 32.1. The summed E-state index contributed by atoms with van der Waals surface area (Å²) >= 11 is 6.63. The van der Waals surface area contributed by atoms with Crippen molar-refractivity contribution in [3.8, 4) is 0 Å². The summed E-state index contributed by atoms with van der Waals surface area (Å²) in [6, 6.07) is 10.1. The molecule has 20 heavy (non-hydrogen) atoms. The van der Waals surface area contributed by atoms with E-state index in [4.69, 9.17) is 18.0 Å². The van der Waals surface area contributed by atoms with Crippen LogP contribution in [0.5, 0.6) is 0 Å². The first kappa shape index (κ1) is 13.0. The van der Waals surface area contributed by atoms with Gasteiger partial charge in [-0.05, 0) is 24.7 Å². The van der Waals surface area contributed by atoms with Crippen molar-refractivity contribution in [2.45, 2.75) is 13.0 Å². The van der Waals surface area contributed by atoms with Gasteiger partial charge in [0, 0.05) is 11.3 Å². The second kappa shape index (κ2) is 5.18. The van der Waals surface area contributed by atoms with Crippen molar-refractivity contribution in [3.63, 3.8) is 0 Å². The molecule has 102 valence electrons. The maximum atomic E-state index is 5.70. The van der Waals surface area contributed by atoms with E-state index < -0.39 is 0 Å². The molecule has 1 aromatic heterocycles. The van der Waals surface area contributed by atoms with E-state index in [1.54, 1.807) is 0 Å². The summed E-state index contributed by atoms with van der Waals surface area (Å²) in [7, 11) is 0. The van der Waals surface area contributed by atoms with Crippen molar-refractivity contribution >= 4 is 39.4 Å². The van der Waals surface area contributed by atoms with Crippen LogP contribution in [0.25, 0.3) is 5.57 Å². The smallest absolute Gasteiger partial charge is 0.203 e. The molecule has 0 fully saturated rings. The summed E-state index contributed by atoms with van der Waals surface area (Å²) in [5.74, 6) is 0. The zero-order valence-electron chi connectivity index (χ0n) is 10.8. The minimum atomic E-state index is -0.0442. The maximum absolute atomic E-state index is 5.70. The highest BCUT2D eigenvalue weighted by Gasteiger charge is 2.28. The van der Waals surface area contributed by atoms with Gasteiger partial charge in [0.25, 0.3) is 0 Å². The number of thiocarbonyl (C=S) groups is 1. The molecule has 0 saturated carbocycles. The minimum Gasteiger partial charge on any atom is -0.374 e. The van der Waals surface area contributed by atoms with Gasteiger partial charge in [-0.1, -0.05) is 41.7 Å². The number of nitrogens with two attached hydrogens (primary N) is 1. The van der Waals surface area contributed by atoms with Crippen LogP contribution in [0, 0.1) is 0 Å². The Morgan fingerprint density at radius 2 is 2.00 bits per heavy atom. The molecule has 2 aromatic rings. The zero-order valence-corrected chi connectivity index (χ0v) is 12.4. The first-order chi connectivity index (χ1) is 9.65. The number of hydrogen-bond acceptors (Lipinski definition) is 5. The predicted octanol–water partition coefficient (Wildman–Crippen LogP) is 2.07. The van der Waals surface area contributed by atoms with Crippen molar-refractivity contribution in [3.05, 3.63) is 46.6 Å². The van der Waals surface area contributed by atoms with E-state index in [1.807, 2.05) is 25.1 Å². The lowest BCUT2D eigenvalue weighted by Crippen LogP contribution is -2.42. The number of anilines is 1. The normalized spacial score (nSPS) is 18.6. The lowest BCUT2D eigenvalue weighted by molar-refractivity contribution is 0.756. The number of nitrogens with zero attached hydrogens (tertiary/aromatic N) is 2. The van der Waals surface area contributed by atoms with Gasteiger partial charge in [0.05, 0.1) is 6.04 Å². The monoisotopic (exact) mass is 303 g/mol. The molecule has 4 N–H and O–H groups in total. The summed E-state index contributed by atoms with van der Waals surface area (Å²) in [6.45, 7) is 1.98. The van der Waals surface area contributed by atoms with Crippen LogP contribution in [0.15, 0.2) is 36.0 Å². The van der Waals surface area contributed by atoms with Crippen LogP contribution in [0.2, 0.25) is 0 Å². The zero-order chi connectivity index (χ0) is 14.1. The summed E-state index contributed by atoms with van der Waals surface area (Å²) in [5, 5.41) is 16.3. The fraction of sp³-hybridized carbons (Fsp3) is 0.154. The van der Waals surface area contributed by atoms with Gasteiger partial charge in [-0.2, -0.15) is 0 Å². The van der Waals surface area contributed by atoms with Crippen LogP contribution < -0.4 is 16.4 Å². The lowest BCUT2D eigenvalue weighted by Gasteiger charge is -2.29. The predicted molar refractivity (Wildman–Crippen MR) is 85.0 cm³/mol. The van der Waals surface area contributed by atoms with E-state index in [0.29, 0.717) is 10.2 Å². The number of nitrogen functional groups attached to an aromatic ring is 1. The average molecular weight is 303 g/mol. The van der Waals surface area contributed by atoms with E-state index >= 15 is 0 Å². The molecule has 1 atom stereocenters. The molecule has 0 bridgehead atoms. The fourth-order valence-electron chi connectivity index (χ4n) is 2.22. The van der Waals surface area contributed by atoms with Crippen molar-refractivity contribution in [1.29, 1.82) is 0 Å². The molecule has 0 spiro atoms. The number of aromatic nitrogens is 2.